The van der Waals surface area contributed by atoms with Crippen LogP contribution in [-0.2, 0) is 13.5 Å². The Morgan fingerprint density at radius 1 is 1.17 bits per heavy atom. The van der Waals surface area contributed by atoms with Crippen LogP contribution in [0, 0.1) is 29.6 Å². The zero-order chi connectivity index (χ0) is 12.3. The average Bonchev–Trinajstić information content (AvgIpc) is 2.61. The maximum atomic E-state index is 5.80. The van der Waals surface area contributed by atoms with Crippen LogP contribution < -0.4 is 5.73 Å². The van der Waals surface area contributed by atoms with Gasteiger partial charge in [-0.2, -0.15) is 5.10 Å². The molecule has 5 rings (SSSR count). The molecule has 1 aromatic rings. The largest absolute Gasteiger partial charge is 0.382 e. The molecule has 0 spiro atoms. The summed E-state index contributed by atoms with van der Waals surface area (Å²) in [6, 6.07) is 2.07. The van der Waals surface area contributed by atoms with Crippen molar-refractivity contribution in [2.45, 2.75) is 38.5 Å². The Kier molecular flexibility index (Phi) is 2.27. The van der Waals surface area contributed by atoms with Gasteiger partial charge in [0.1, 0.15) is 5.82 Å². The first-order valence-corrected chi connectivity index (χ1v) is 7.47. The quantitative estimate of drug-likeness (QED) is 0.870. The Bertz CT molecular complexity index is 434. The lowest BCUT2D eigenvalue weighted by atomic mass is 9.51. The van der Waals surface area contributed by atoms with E-state index in [1.165, 1.54) is 37.8 Å². The van der Waals surface area contributed by atoms with Crippen molar-refractivity contribution in [2.75, 3.05) is 5.73 Å². The lowest BCUT2D eigenvalue weighted by Crippen LogP contribution is -2.45. The van der Waals surface area contributed by atoms with Gasteiger partial charge >= 0.3 is 0 Å². The highest BCUT2D eigenvalue weighted by Crippen LogP contribution is 2.57. The number of anilines is 1. The zero-order valence-electron chi connectivity index (χ0n) is 11.2. The van der Waals surface area contributed by atoms with Crippen LogP contribution in [0.3, 0.4) is 0 Å². The lowest BCUT2D eigenvalue weighted by molar-refractivity contribution is -0.0366. The fraction of sp³-hybridized carbons (Fsp3) is 0.800. The van der Waals surface area contributed by atoms with Crippen LogP contribution in [0.1, 0.15) is 37.8 Å². The minimum absolute atomic E-state index is 0.677. The second kappa shape index (κ2) is 3.75. The Morgan fingerprint density at radius 2 is 1.78 bits per heavy atom. The van der Waals surface area contributed by atoms with Crippen LogP contribution >= 0.6 is 0 Å². The molecule has 3 nitrogen and oxygen atoms in total. The summed E-state index contributed by atoms with van der Waals surface area (Å²) >= 11 is 0. The SMILES string of the molecule is Cn1nc(N)cc1CC1C2CC3CC(C2)CC1C3. The summed E-state index contributed by atoms with van der Waals surface area (Å²) in [5.74, 6) is 5.72. The molecule has 1 aromatic heterocycles. The molecule has 4 aliphatic rings. The third-order valence-electron chi connectivity index (χ3n) is 5.86. The van der Waals surface area contributed by atoms with Gasteiger partial charge in [0.15, 0.2) is 0 Å². The maximum Gasteiger partial charge on any atom is 0.145 e. The number of nitrogen functional groups attached to an aromatic ring is 1. The second-order valence-corrected chi connectivity index (χ2v) is 6.98. The maximum absolute atomic E-state index is 5.80. The van der Waals surface area contributed by atoms with Crippen molar-refractivity contribution in [3.05, 3.63) is 11.8 Å². The highest BCUT2D eigenvalue weighted by Gasteiger charge is 2.48. The van der Waals surface area contributed by atoms with Crippen LogP contribution in [0.25, 0.3) is 0 Å². The molecular weight excluding hydrogens is 222 g/mol. The van der Waals surface area contributed by atoms with Crippen molar-refractivity contribution in [1.29, 1.82) is 0 Å². The van der Waals surface area contributed by atoms with Crippen molar-refractivity contribution in [2.24, 2.45) is 36.6 Å². The normalized spacial score (nSPS) is 41.5. The number of hydrogen-bond donors (Lipinski definition) is 1. The molecular formula is C15H23N3. The molecule has 4 saturated carbocycles. The Morgan fingerprint density at radius 3 is 2.28 bits per heavy atom. The number of nitrogens with zero attached hydrogens (tertiary/aromatic N) is 2. The van der Waals surface area contributed by atoms with Crippen LogP contribution in [0.2, 0.25) is 0 Å². The summed E-state index contributed by atoms with van der Waals surface area (Å²) in [4.78, 5) is 0. The highest BCUT2D eigenvalue weighted by molar-refractivity contribution is 5.29. The molecule has 1 heterocycles. The molecule has 98 valence electrons. The van der Waals surface area contributed by atoms with Crippen LogP contribution in [0.15, 0.2) is 6.07 Å². The van der Waals surface area contributed by atoms with Gasteiger partial charge in [-0.25, -0.2) is 0 Å². The molecule has 0 aliphatic heterocycles. The zero-order valence-corrected chi connectivity index (χ0v) is 11.2. The lowest BCUT2D eigenvalue weighted by Gasteiger charge is -2.54. The van der Waals surface area contributed by atoms with E-state index in [9.17, 15) is 0 Å². The van der Waals surface area contributed by atoms with Crippen LogP contribution in [-0.4, -0.2) is 9.78 Å². The van der Waals surface area contributed by atoms with Gasteiger partial charge in [-0.05, 0) is 68.1 Å². The summed E-state index contributed by atoms with van der Waals surface area (Å²) in [6.45, 7) is 0. The van der Waals surface area contributed by atoms with Gasteiger partial charge in [-0.15, -0.1) is 0 Å². The van der Waals surface area contributed by atoms with Crippen molar-refractivity contribution in [1.82, 2.24) is 9.78 Å². The molecule has 0 radical (unpaired) electrons. The summed E-state index contributed by atoms with van der Waals surface area (Å²) in [6.07, 6.45) is 8.76. The van der Waals surface area contributed by atoms with Gasteiger partial charge in [0.2, 0.25) is 0 Å². The average molecular weight is 245 g/mol. The number of aryl methyl sites for hydroxylation is 1. The first-order chi connectivity index (χ1) is 8.69. The Balaban J connectivity index is 1.57. The summed E-state index contributed by atoms with van der Waals surface area (Å²) in [5, 5.41) is 4.29. The Labute approximate surface area is 109 Å². The van der Waals surface area contributed by atoms with Gasteiger partial charge in [0.25, 0.3) is 0 Å². The van der Waals surface area contributed by atoms with E-state index in [0.29, 0.717) is 5.82 Å². The van der Waals surface area contributed by atoms with E-state index in [2.05, 4.69) is 11.2 Å². The first-order valence-electron chi connectivity index (χ1n) is 7.47. The minimum atomic E-state index is 0.677. The number of nitrogens with two attached hydrogens (primary N) is 1. The van der Waals surface area contributed by atoms with E-state index < -0.39 is 0 Å². The predicted molar refractivity (Wildman–Crippen MR) is 71.9 cm³/mol. The third-order valence-corrected chi connectivity index (χ3v) is 5.86. The van der Waals surface area contributed by atoms with Crippen LogP contribution in [0.4, 0.5) is 5.82 Å². The molecule has 0 atom stereocenters. The molecule has 18 heavy (non-hydrogen) atoms. The summed E-state index contributed by atoms with van der Waals surface area (Å²) in [5.41, 5.74) is 7.14. The van der Waals surface area contributed by atoms with E-state index in [0.717, 1.165) is 29.6 Å². The molecule has 2 N–H and O–H groups in total. The molecule has 3 heteroatoms. The van der Waals surface area contributed by atoms with Gasteiger partial charge in [0, 0.05) is 18.8 Å². The summed E-state index contributed by atoms with van der Waals surface area (Å²) < 4.78 is 1.99. The number of aromatic nitrogens is 2. The van der Waals surface area contributed by atoms with Crippen molar-refractivity contribution < 1.29 is 0 Å². The Hall–Kier alpha value is -0.990. The van der Waals surface area contributed by atoms with Crippen LogP contribution in [0.5, 0.6) is 0 Å². The monoisotopic (exact) mass is 245 g/mol. The number of rotatable bonds is 2. The smallest absolute Gasteiger partial charge is 0.145 e. The van der Waals surface area contributed by atoms with Gasteiger partial charge in [0.05, 0.1) is 0 Å². The topological polar surface area (TPSA) is 43.8 Å². The van der Waals surface area contributed by atoms with E-state index in [-0.39, 0.29) is 0 Å². The third kappa shape index (κ3) is 1.59. The molecule has 0 amide bonds. The summed E-state index contributed by atoms with van der Waals surface area (Å²) in [7, 11) is 2.03. The van der Waals surface area contributed by atoms with E-state index in [4.69, 9.17) is 5.73 Å². The highest BCUT2D eigenvalue weighted by atomic mass is 15.3. The fourth-order valence-electron chi connectivity index (χ4n) is 5.33. The fourth-order valence-corrected chi connectivity index (χ4v) is 5.33. The van der Waals surface area contributed by atoms with Crippen molar-refractivity contribution in [3.63, 3.8) is 0 Å². The van der Waals surface area contributed by atoms with Gasteiger partial charge < -0.3 is 5.73 Å². The van der Waals surface area contributed by atoms with E-state index in [1.807, 2.05) is 11.7 Å². The molecule has 0 aromatic carbocycles. The molecule has 4 fully saturated rings. The van der Waals surface area contributed by atoms with E-state index in [1.54, 1.807) is 6.42 Å². The van der Waals surface area contributed by atoms with Gasteiger partial charge in [-0.3, -0.25) is 4.68 Å². The van der Waals surface area contributed by atoms with Gasteiger partial charge in [-0.1, -0.05) is 0 Å². The molecule has 4 bridgehead atoms. The van der Waals surface area contributed by atoms with E-state index >= 15 is 0 Å². The predicted octanol–water partition coefficient (Wildman–Crippen LogP) is 2.62. The first kappa shape index (κ1) is 10.9. The van der Waals surface area contributed by atoms with Crippen molar-refractivity contribution in [3.8, 4) is 0 Å². The number of hydrogen-bond acceptors (Lipinski definition) is 2. The van der Waals surface area contributed by atoms with Crippen molar-refractivity contribution >= 4 is 5.82 Å². The molecule has 4 aliphatic carbocycles. The molecule has 0 saturated heterocycles. The molecule has 0 unspecified atom stereocenters. The standard InChI is InChI=1S/C15H23N3/c1-18-13(8-15(16)17-18)7-14-11-3-9-2-10(5-11)6-12(14)4-9/h8-12,14H,2-7H2,1H3,(H2,16,17). The minimum Gasteiger partial charge on any atom is -0.382 e. The second-order valence-electron chi connectivity index (χ2n) is 6.98.